The summed E-state index contributed by atoms with van der Waals surface area (Å²) in [5.74, 6) is -0.280. The molecule has 0 radical (unpaired) electrons. The van der Waals surface area contributed by atoms with Crippen LogP contribution in [0.5, 0.6) is 5.75 Å². The third-order valence-electron chi connectivity index (χ3n) is 3.15. The van der Waals surface area contributed by atoms with Crippen molar-refractivity contribution in [3.05, 3.63) is 72.1 Å². The van der Waals surface area contributed by atoms with Gasteiger partial charge in [0.15, 0.2) is 0 Å². The number of carboxylic acid groups (broad SMARTS) is 1. The van der Waals surface area contributed by atoms with Crippen LogP contribution in [-0.4, -0.2) is 16.1 Å². The first-order valence-corrected chi connectivity index (χ1v) is 6.54. The summed E-state index contributed by atoms with van der Waals surface area (Å²) in [4.78, 5) is 14.9. The van der Waals surface area contributed by atoms with Gasteiger partial charge in [0.2, 0.25) is 0 Å². The Labute approximate surface area is 121 Å². The Morgan fingerprint density at radius 3 is 2.62 bits per heavy atom. The predicted octanol–water partition coefficient (Wildman–Crippen LogP) is 3.51. The maximum atomic E-state index is 10.9. The number of ether oxygens (including phenoxy) is 1. The minimum atomic E-state index is -1.04. The van der Waals surface area contributed by atoms with Crippen molar-refractivity contribution in [2.45, 2.75) is 6.61 Å². The molecule has 0 amide bonds. The SMILES string of the molecule is O=C(O)c1cccc(COc2cccc3ccccc23)n1. The van der Waals surface area contributed by atoms with Crippen LogP contribution in [0, 0.1) is 0 Å². The van der Waals surface area contributed by atoms with Gasteiger partial charge >= 0.3 is 5.97 Å². The number of fused-ring (bicyclic) bond motifs is 1. The van der Waals surface area contributed by atoms with Crippen LogP contribution >= 0.6 is 0 Å². The number of pyridine rings is 1. The summed E-state index contributed by atoms with van der Waals surface area (Å²) in [6, 6.07) is 18.7. The van der Waals surface area contributed by atoms with E-state index in [1.54, 1.807) is 12.1 Å². The van der Waals surface area contributed by atoms with Gasteiger partial charge in [-0.05, 0) is 23.6 Å². The number of carbonyl (C=O) groups is 1. The van der Waals surface area contributed by atoms with Gasteiger partial charge in [0.25, 0.3) is 0 Å². The van der Waals surface area contributed by atoms with Crippen molar-refractivity contribution in [1.82, 2.24) is 4.98 Å². The van der Waals surface area contributed by atoms with Crippen molar-refractivity contribution < 1.29 is 14.6 Å². The number of hydrogen-bond donors (Lipinski definition) is 1. The van der Waals surface area contributed by atoms with Gasteiger partial charge in [0.05, 0.1) is 5.69 Å². The van der Waals surface area contributed by atoms with E-state index < -0.39 is 5.97 Å². The van der Waals surface area contributed by atoms with Crippen LogP contribution < -0.4 is 4.74 Å². The molecule has 0 saturated heterocycles. The zero-order valence-corrected chi connectivity index (χ0v) is 11.2. The molecule has 0 aliphatic carbocycles. The first-order chi connectivity index (χ1) is 10.2. The summed E-state index contributed by atoms with van der Waals surface area (Å²) in [7, 11) is 0. The quantitative estimate of drug-likeness (QED) is 0.794. The molecule has 1 aromatic heterocycles. The van der Waals surface area contributed by atoms with E-state index in [2.05, 4.69) is 4.98 Å². The molecular weight excluding hydrogens is 266 g/mol. The summed E-state index contributed by atoms with van der Waals surface area (Å²) < 4.78 is 5.78. The highest BCUT2D eigenvalue weighted by Crippen LogP contribution is 2.25. The highest BCUT2D eigenvalue weighted by Gasteiger charge is 2.06. The molecule has 21 heavy (non-hydrogen) atoms. The zero-order valence-electron chi connectivity index (χ0n) is 11.2. The van der Waals surface area contributed by atoms with E-state index in [1.165, 1.54) is 6.07 Å². The Hall–Kier alpha value is -2.88. The molecule has 0 aliphatic rings. The molecule has 3 rings (SSSR count). The summed E-state index contributed by atoms with van der Waals surface area (Å²) in [6.07, 6.45) is 0. The van der Waals surface area contributed by atoms with E-state index in [1.807, 2.05) is 42.5 Å². The van der Waals surface area contributed by atoms with Gasteiger partial charge in [0, 0.05) is 5.39 Å². The van der Waals surface area contributed by atoms with Crippen LogP contribution in [0.15, 0.2) is 60.7 Å². The number of aromatic carboxylic acids is 1. The van der Waals surface area contributed by atoms with Crippen molar-refractivity contribution >= 4 is 16.7 Å². The van der Waals surface area contributed by atoms with Crippen molar-refractivity contribution in [3.8, 4) is 5.75 Å². The number of carboxylic acids is 1. The van der Waals surface area contributed by atoms with Crippen LogP contribution in [-0.2, 0) is 6.61 Å². The Bertz CT molecular complexity index is 793. The van der Waals surface area contributed by atoms with E-state index in [0.717, 1.165) is 16.5 Å². The fourth-order valence-corrected chi connectivity index (χ4v) is 2.15. The fourth-order valence-electron chi connectivity index (χ4n) is 2.15. The van der Waals surface area contributed by atoms with Gasteiger partial charge in [-0.15, -0.1) is 0 Å². The smallest absolute Gasteiger partial charge is 0.354 e. The second-order valence-corrected chi connectivity index (χ2v) is 4.59. The van der Waals surface area contributed by atoms with E-state index in [0.29, 0.717) is 5.69 Å². The van der Waals surface area contributed by atoms with Gasteiger partial charge in [-0.2, -0.15) is 0 Å². The monoisotopic (exact) mass is 279 g/mol. The zero-order chi connectivity index (χ0) is 14.7. The molecule has 4 nitrogen and oxygen atoms in total. The number of hydrogen-bond acceptors (Lipinski definition) is 3. The minimum absolute atomic E-state index is 0.0222. The van der Waals surface area contributed by atoms with Crippen LogP contribution in [0.1, 0.15) is 16.2 Å². The molecule has 0 bridgehead atoms. The molecular formula is C17H13NO3. The summed E-state index contributed by atoms with van der Waals surface area (Å²) in [5, 5.41) is 11.1. The summed E-state index contributed by atoms with van der Waals surface area (Å²) in [6.45, 7) is 0.231. The number of benzene rings is 2. The maximum absolute atomic E-state index is 10.9. The first kappa shape index (κ1) is 13.1. The predicted molar refractivity (Wildman–Crippen MR) is 79.5 cm³/mol. The highest BCUT2D eigenvalue weighted by molar-refractivity contribution is 5.88. The molecule has 1 heterocycles. The fraction of sp³-hybridized carbons (Fsp3) is 0.0588. The number of rotatable bonds is 4. The van der Waals surface area contributed by atoms with Crippen LogP contribution in [0.3, 0.4) is 0 Å². The Morgan fingerprint density at radius 1 is 1.00 bits per heavy atom. The molecule has 4 heteroatoms. The van der Waals surface area contributed by atoms with Crippen LogP contribution in [0.4, 0.5) is 0 Å². The normalized spacial score (nSPS) is 10.5. The molecule has 0 fully saturated rings. The van der Waals surface area contributed by atoms with Crippen molar-refractivity contribution in [2.24, 2.45) is 0 Å². The molecule has 0 atom stereocenters. The van der Waals surface area contributed by atoms with Crippen molar-refractivity contribution in [2.75, 3.05) is 0 Å². The Morgan fingerprint density at radius 2 is 1.76 bits per heavy atom. The van der Waals surface area contributed by atoms with Crippen LogP contribution in [0.2, 0.25) is 0 Å². The maximum Gasteiger partial charge on any atom is 0.354 e. The topological polar surface area (TPSA) is 59.4 Å². The number of nitrogens with zero attached hydrogens (tertiary/aromatic N) is 1. The lowest BCUT2D eigenvalue weighted by Crippen LogP contribution is -2.05. The summed E-state index contributed by atoms with van der Waals surface area (Å²) >= 11 is 0. The van der Waals surface area contributed by atoms with E-state index in [4.69, 9.17) is 9.84 Å². The number of aromatic nitrogens is 1. The largest absolute Gasteiger partial charge is 0.487 e. The molecule has 0 unspecified atom stereocenters. The lowest BCUT2D eigenvalue weighted by atomic mass is 10.1. The van der Waals surface area contributed by atoms with Gasteiger partial charge in [-0.25, -0.2) is 9.78 Å². The standard InChI is InChI=1S/C17H13NO3/c19-17(20)15-9-4-7-13(18-15)11-21-16-10-3-6-12-5-1-2-8-14(12)16/h1-10H,11H2,(H,19,20). The van der Waals surface area contributed by atoms with Gasteiger partial charge in [-0.1, -0.05) is 42.5 Å². The molecule has 3 aromatic rings. The average Bonchev–Trinajstić information content (AvgIpc) is 2.53. The second-order valence-electron chi connectivity index (χ2n) is 4.59. The molecule has 1 N–H and O–H groups in total. The third kappa shape index (κ3) is 2.84. The van der Waals surface area contributed by atoms with Gasteiger partial charge in [-0.3, -0.25) is 0 Å². The second kappa shape index (κ2) is 5.63. The minimum Gasteiger partial charge on any atom is -0.487 e. The van der Waals surface area contributed by atoms with E-state index in [-0.39, 0.29) is 12.3 Å². The first-order valence-electron chi connectivity index (χ1n) is 6.54. The van der Waals surface area contributed by atoms with Gasteiger partial charge in [0.1, 0.15) is 18.1 Å². The van der Waals surface area contributed by atoms with Crippen molar-refractivity contribution in [3.63, 3.8) is 0 Å². The molecule has 104 valence electrons. The average molecular weight is 279 g/mol. The Kier molecular flexibility index (Phi) is 3.51. The lowest BCUT2D eigenvalue weighted by Gasteiger charge is -2.09. The van der Waals surface area contributed by atoms with Crippen LogP contribution in [0.25, 0.3) is 10.8 Å². The van der Waals surface area contributed by atoms with Gasteiger partial charge < -0.3 is 9.84 Å². The van der Waals surface area contributed by atoms with Crippen molar-refractivity contribution in [1.29, 1.82) is 0 Å². The molecule has 0 saturated carbocycles. The highest BCUT2D eigenvalue weighted by atomic mass is 16.5. The molecule has 0 aliphatic heterocycles. The Balaban J connectivity index is 1.84. The third-order valence-corrected chi connectivity index (χ3v) is 3.15. The summed E-state index contributed by atoms with van der Waals surface area (Å²) in [5.41, 5.74) is 0.608. The van der Waals surface area contributed by atoms with E-state index in [9.17, 15) is 4.79 Å². The molecule has 0 spiro atoms. The lowest BCUT2D eigenvalue weighted by molar-refractivity contribution is 0.0690. The molecule has 2 aromatic carbocycles. The van der Waals surface area contributed by atoms with E-state index >= 15 is 0 Å².